The SMILES string of the molecule is COc1ccc(CN/N=C\c2cc(C)n(-c3cccc(Cl)c3Cl)c2C)cc1OC. The zero-order valence-electron chi connectivity index (χ0n) is 16.8. The van der Waals surface area contributed by atoms with Gasteiger partial charge in [0, 0.05) is 17.0 Å². The fourth-order valence-electron chi connectivity index (χ4n) is 3.20. The summed E-state index contributed by atoms with van der Waals surface area (Å²) in [5.74, 6) is 1.39. The Bertz CT molecular complexity index is 1040. The molecular formula is C22H23Cl2N3O2. The first-order chi connectivity index (χ1) is 14.0. The van der Waals surface area contributed by atoms with Crippen molar-refractivity contribution in [2.75, 3.05) is 14.2 Å². The smallest absolute Gasteiger partial charge is 0.161 e. The van der Waals surface area contributed by atoms with Gasteiger partial charge < -0.3 is 19.5 Å². The zero-order chi connectivity index (χ0) is 21.0. The Labute approximate surface area is 180 Å². The predicted molar refractivity (Wildman–Crippen MR) is 119 cm³/mol. The summed E-state index contributed by atoms with van der Waals surface area (Å²) in [4.78, 5) is 0. The van der Waals surface area contributed by atoms with E-state index in [2.05, 4.69) is 21.2 Å². The quantitative estimate of drug-likeness (QED) is 0.394. The first-order valence-electron chi connectivity index (χ1n) is 9.06. The van der Waals surface area contributed by atoms with Crippen LogP contribution in [0.4, 0.5) is 0 Å². The highest BCUT2D eigenvalue weighted by Crippen LogP contribution is 2.31. The summed E-state index contributed by atoms with van der Waals surface area (Å²) in [5, 5.41) is 5.43. The van der Waals surface area contributed by atoms with Crippen LogP contribution in [0.25, 0.3) is 5.69 Å². The number of hydrazone groups is 1. The highest BCUT2D eigenvalue weighted by molar-refractivity contribution is 6.43. The minimum absolute atomic E-state index is 0.531. The van der Waals surface area contributed by atoms with Crippen molar-refractivity contribution < 1.29 is 9.47 Å². The molecule has 2 aromatic carbocycles. The molecule has 152 valence electrons. The van der Waals surface area contributed by atoms with Gasteiger partial charge in [0.2, 0.25) is 0 Å². The van der Waals surface area contributed by atoms with E-state index in [0.29, 0.717) is 28.1 Å². The maximum Gasteiger partial charge on any atom is 0.161 e. The van der Waals surface area contributed by atoms with Crippen LogP contribution in [0.5, 0.6) is 11.5 Å². The van der Waals surface area contributed by atoms with E-state index in [-0.39, 0.29) is 0 Å². The number of ether oxygens (including phenoxy) is 2. The van der Waals surface area contributed by atoms with Crippen molar-refractivity contribution in [3.05, 3.63) is 75.0 Å². The van der Waals surface area contributed by atoms with Gasteiger partial charge in [-0.15, -0.1) is 0 Å². The van der Waals surface area contributed by atoms with E-state index in [9.17, 15) is 0 Å². The van der Waals surface area contributed by atoms with E-state index >= 15 is 0 Å². The number of aromatic nitrogens is 1. The Kier molecular flexibility index (Phi) is 6.72. The second-order valence-corrected chi connectivity index (χ2v) is 7.30. The van der Waals surface area contributed by atoms with Crippen LogP contribution in [-0.4, -0.2) is 25.0 Å². The highest BCUT2D eigenvalue weighted by Gasteiger charge is 2.13. The number of benzene rings is 2. The van der Waals surface area contributed by atoms with Gasteiger partial charge in [0.25, 0.3) is 0 Å². The van der Waals surface area contributed by atoms with Gasteiger partial charge in [0.15, 0.2) is 11.5 Å². The molecule has 5 nitrogen and oxygen atoms in total. The Morgan fingerprint density at radius 3 is 2.52 bits per heavy atom. The fourth-order valence-corrected chi connectivity index (χ4v) is 3.58. The number of nitrogens with one attached hydrogen (secondary N) is 1. The van der Waals surface area contributed by atoms with Crippen molar-refractivity contribution in [1.82, 2.24) is 9.99 Å². The Morgan fingerprint density at radius 2 is 1.79 bits per heavy atom. The van der Waals surface area contributed by atoms with Crippen LogP contribution in [0.15, 0.2) is 47.6 Å². The number of nitrogens with zero attached hydrogens (tertiary/aromatic N) is 2. The first-order valence-corrected chi connectivity index (χ1v) is 9.82. The summed E-state index contributed by atoms with van der Waals surface area (Å²) in [7, 11) is 3.24. The highest BCUT2D eigenvalue weighted by atomic mass is 35.5. The van der Waals surface area contributed by atoms with Gasteiger partial charge in [-0.1, -0.05) is 35.3 Å². The lowest BCUT2D eigenvalue weighted by atomic mass is 10.2. The molecule has 0 spiro atoms. The van der Waals surface area contributed by atoms with Gasteiger partial charge in [-0.3, -0.25) is 0 Å². The second kappa shape index (κ2) is 9.25. The topological polar surface area (TPSA) is 47.8 Å². The molecule has 0 saturated carbocycles. The monoisotopic (exact) mass is 431 g/mol. The minimum atomic E-state index is 0.531. The van der Waals surface area contributed by atoms with Crippen LogP contribution in [0.2, 0.25) is 10.0 Å². The number of hydrogen-bond donors (Lipinski definition) is 1. The molecule has 0 bridgehead atoms. The summed E-state index contributed by atoms with van der Waals surface area (Å²) in [6.45, 7) is 4.62. The molecular weight excluding hydrogens is 409 g/mol. The molecule has 0 fully saturated rings. The molecule has 0 aliphatic rings. The molecule has 0 atom stereocenters. The molecule has 7 heteroatoms. The van der Waals surface area contributed by atoms with Gasteiger partial charge >= 0.3 is 0 Å². The van der Waals surface area contributed by atoms with Crippen LogP contribution in [-0.2, 0) is 6.54 Å². The van der Waals surface area contributed by atoms with Crippen LogP contribution in [0.3, 0.4) is 0 Å². The molecule has 0 radical (unpaired) electrons. The van der Waals surface area contributed by atoms with Gasteiger partial charge in [-0.2, -0.15) is 5.10 Å². The summed E-state index contributed by atoms with van der Waals surface area (Å²) >= 11 is 12.6. The standard InChI is InChI=1S/C22H23Cl2N3O2/c1-14-10-17(15(2)27(14)19-7-5-6-18(23)22(19)24)13-26-25-12-16-8-9-20(28-3)21(11-16)29-4/h5-11,13,25H,12H2,1-4H3/b26-13-. The second-order valence-electron chi connectivity index (χ2n) is 6.52. The maximum absolute atomic E-state index is 6.40. The van der Waals surface area contributed by atoms with Crippen molar-refractivity contribution in [2.45, 2.75) is 20.4 Å². The van der Waals surface area contributed by atoms with Gasteiger partial charge in [0.1, 0.15) is 0 Å². The van der Waals surface area contributed by atoms with E-state index in [1.807, 2.05) is 44.2 Å². The summed E-state index contributed by atoms with van der Waals surface area (Å²) in [5.41, 5.74) is 8.04. The molecule has 0 unspecified atom stereocenters. The predicted octanol–water partition coefficient (Wildman–Crippen LogP) is 5.54. The fraction of sp³-hybridized carbons (Fsp3) is 0.227. The van der Waals surface area contributed by atoms with Crippen LogP contribution < -0.4 is 14.9 Å². The van der Waals surface area contributed by atoms with Crippen LogP contribution >= 0.6 is 23.2 Å². The number of halogens is 2. The molecule has 1 N–H and O–H groups in total. The summed E-state index contributed by atoms with van der Waals surface area (Å²) < 4.78 is 12.7. The molecule has 3 aromatic rings. The lowest BCUT2D eigenvalue weighted by Gasteiger charge is -2.12. The van der Waals surface area contributed by atoms with E-state index in [4.69, 9.17) is 32.7 Å². The number of hydrogen-bond acceptors (Lipinski definition) is 4. The summed E-state index contributed by atoms with van der Waals surface area (Å²) in [6, 6.07) is 13.5. The van der Waals surface area contributed by atoms with E-state index in [0.717, 1.165) is 28.2 Å². The lowest BCUT2D eigenvalue weighted by molar-refractivity contribution is 0.354. The summed E-state index contributed by atoms with van der Waals surface area (Å²) in [6.07, 6.45) is 1.80. The average molecular weight is 432 g/mol. The average Bonchev–Trinajstić information content (AvgIpc) is 3.00. The third-order valence-electron chi connectivity index (χ3n) is 4.67. The molecule has 0 aliphatic carbocycles. The maximum atomic E-state index is 6.40. The molecule has 0 amide bonds. The van der Waals surface area contributed by atoms with Crippen molar-refractivity contribution >= 4 is 29.4 Å². The minimum Gasteiger partial charge on any atom is -0.493 e. The normalized spacial score (nSPS) is 11.1. The molecule has 3 rings (SSSR count). The third-order valence-corrected chi connectivity index (χ3v) is 5.48. The zero-order valence-corrected chi connectivity index (χ0v) is 18.3. The van der Waals surface area contributed by atoms with Crippen molar-refractivity contribution in [3.63, 3.8) is 0 Å². The molecule has 1 heterocycles. The van der Waals surface area contributed by atoms with Crippen molar-refractivity contribution in [3.8, 4) is 17.2 Å². The molecule has 0 saturated heterocycles. The Balaban J connectivity index is 1.75. The first kappa shape index (κ1) is 21.1. The van der Waals surface area contributed by atoms with E-state index < -0.39 is 0 Å². The molecule has 29 heavy (non-hydrogen) atoms. The number of methoxy groups -OCH3 is 2. The number of rotatable bonds is 7. The van der Waals surface area contributed by atoms with Crippen LogP contribution in [0.1, 0.15) is 22.5 Å². The molecule has 0 aliphatic heterocycles. The van der Waals surface area contributed by atoms with E-state index in [1.165, 1.54) is 0 Å². The van der Waals surface area contributed by atoms with Gasteiger partial charge in [0.05, 0.1) is 42.7 Å². The van der Waals surface area contributed by atoms with Gasteiger partial charge in [-0.05, 0) is 49.7 Å². The molecule has 1 aromatic heterocycles. The Morgan fingerprint density at radius 1 is 1.03 bits per heavy atom. The lowest BCUT2D eigenvalue weighted by Crippen LogP contribution is -2.06. The van der Waals surface area contributed by atoms with Crippen LogP contribution in [0, 0.1) is 13.8 Å². The largest absolute Gasteiger partial charge is 0.493 e. The van der Waals surface area contributed by atoms with E-state index in [1.54, 1.807) is 26.5 Å². The third kappa shape index (κ3) is 4.52. The van der Waals surface area contributed by atoms with Crippen molar-refractivity contribution in [2.24, 2.45) is 5.10 Å². The van der Waals surface area contributed by atoms with Crippen molar-refractivity contribution in [1.29, 1.82) is 0 Å². The van der Waals surface area contributed by atoms with Gasteiger partial charge in [-0.25, -0.2) is 0 Å². The number of aryl methyl sites for hydroxylation is 1. The Hall–Kier alpha value is -2.63.